The molecule has 0 saturated carbocycles. The van der Waals surface area contributed by atoms with Gasteiger partial charge in [-0.15, -0.1) is 5.10 Å². The summed E-state index contributed by atoms with van der Waals surface area (Å²) >= 11 is 12.4. The Morgan fingerprint density at radius 3 is 2.79 bits per heavy atom. The number of hydrogen-bond acceptors (Lipinski definition) is 7. The van der Waals surface area contributed by atoms with Gasteiger partial charge in [0.1, 0.15) is 23.4 Å². The number of ether oxygens (including phenoxy) is 2. The quantitative estimate of drug-likeness (QED) is 0.411. The van der Waals surface area contributed by atoms with Gasteiger partial charge in [-0.1, -0.05) is 23.2 Å². The van der Waals surface area contributed by atoms with Crippen molar-refractivity contribution in [1.29, 1.82) is 0 Å². The first-order valence-corrected chi connectivity index (χ1v) is 11.9. The second-order valence-electron chi connectivity index (χ2n) is 9.00. The van der Waals surface area contributed by atoms with Crippen molar-refractivity contribution in [3.63, 3.8) is 0 Å². The number of rotatable bonds is 5. The standard InChI is InChI=1S/C24H22Cl2N6O2/c1-14(21-18(25)10-28-31-23(21)26)34-16-3-4-19-17(8-16)22(30-29-19)15-2-5-20(27-9-15)32-11-24(12-32)6-7-33-13-24/h2-5,8-10,14H,6-7,11-13H2,1H3,(H,29,30). The number of H-pyrrole nitrogens is 1. The van der Waals surface area contributed by atoms with Crippen molar-refractivity contribution in [3.05, 3.63) is 58.5 Å². The van der Waals surface area contributed by atoms with E-state index in [1.54, 1.807) is 0 Å². The molecule has 1 N–H and O–H groups in total. The van der Waals surface area contributed by atoms with Crippen LogP contribution in [0.4, 0.5) is 5.82 Å². The second-order valence-corrected chi connectivity index (χ2v) is 9.77. The molecule has 1 aromatic carbocycles. The van der Waals surface area contributed by atoms with Gasteiger partial charge in [-0.05, 0) is 43.7 Å². The highest BCUT2D eigenvalue weighted by atomic mass is 35.5. The van der Waals surface area contributed by atoms with E-state index in [4.69, 9.17) is 37.7 Å². The number of fused-ring (bicyclic) bond motifs is 1. The summed E-state index contributed by atoms with van der Waals surface area (Å²) in [4.78, 5) is 7.01. The number of aromatic nitrogens is 5. The van der Waals surface area contributed by atoms with Crippen LogP contribution in [0.1, 0.15) is 25.0 Å². The van der Waals surface area contributed by atoms with Gasteiger partial charge < -0.3 is 14.4 Å². The maximum Gasteiger partial charge on any atom is 0.160 e. The van der Waals surface area contributed by atoms with Gasteiger partial charge in [0.25, 0.3) is 0 Å². The predicted octanol–water partition coefficient (Wildman–Crippen LogP) is 5.09. The summed E-state index contributed by atoms with van der Waals surface area (Å²) < 4.78 is 11.7. The van der Waals surface area contributed by atoms with Gasteiger partial charge >= 0.3 is 0 Å². The molecule has 0 aliphatic carbocycles. The Balaban J connectivity index is 1.23. The molecule has 34 heavy (non-hydrogen) atoms. The molecule has 2 aliphatic heterocycles. The maximum atomic E-state index is 6.26. The number of nitrogens with zero attached hydrogens (tertiary/aromatic N) is 5. The first-order valence-electron chi connectivity index (χ1n) is 11.1. The van der Waals surface area contributed by atoms with Crippen LogP contribution < -0.4 is 9.64 Å². The van der Waals surface area contributed by atoms with Crippen LogP contribution >= 0.6 is 23.2 Å². The predicted molar refractivity (Wildman–Crippen MR) is 131 cm³/mol. The summed E-state index contributed by atoms with van der Waals surface area (Å²) in [6, 6.07) is 9.89. The van der Waals surface area contributed by atoms with E-state index in [1.807, 2.05) is 31.3 Å². The lowest BCUT2D eigenvalue weighted by Crippen LogP contribution is -2.57. The van der Waals surface area contributed by atoms with Crippen LogP contribution in [0.3, 0.4) is 0 Å². The van der Waals surface area contributed by atoms with Gasteiger partial charge in [-0.2, -0.15) is 10.2 Å². The largest absolute Gasteiger partial charge is 0.486 e. The van der Waals surface area contributed by atoms with E-state index in [2.05, 4.69) is 37.4 Å². The lowest BCUT2D eigenvalue weighted by Gasteiger charge is -2.47. The van der Waals surface area contributed by atoms with Crippen molar-refractivity contribution in [2.24, 2.45) is 5.41 Å². The third kappa shape index (κ3) is 3.76. The number of benzene rings is 1. The zero-order valence-electron chi connectivity index (χ0n) is 18.5. The smallest absolute Gasteiger partial charge is 0.160 e. The van der Waals surface area contributed by atoms with E-state index in [-0.39, 0.29) is 5.15 Å². The van der Waals surface area contributed by atoms with Crippen molar-refractivity contribution in [1.82, 2.24) is 25.4 Å². The van der Waals surface area contributed by atoms with E-state index >= 15 is 0 Å². The maximum absolute atomic E-state index is 6.26. The Hall–Kier alpha value is -2.94. The summed E-state index contributed by atoms with van der Waals surface area (Å²) in [6.45, 7) is 5.61. The highest BCUT2D eigenvalue weighted by Crippen LogP contribution is 2.40. The summed E-state index contributed by atoms with van der Waals surface area (Å²) in [7, 11) is 0. The number of hydrogen-bond donors (Lipinski definition) is 1. The molecule has 8 nitrogen and oxygen atoms in total. The minimum Gasteiger partial charge on any atom is -0.486 e. The van der Waals surface area contributed by atoms with Crippen molar-refractivity contribution >= 4 is 39.9 Å². The molecule has 4 aromatic rings. The second kappa shape index (κ2) is 8.37. The topological polar surface area (TPSA) is 89.0 Å². The summed E-state index contributed by atoms with van der Waals surface area (Å²) in [5.41, 5.74) is 3.59. The molecule has 6 rings (SSSR count). The molecular weight excluding hydrogens is 475 g/mol. The fourth-order valence-electron chi connectivity index (χ4n) is 4.80. The van der Waals surface area contributed by atoms with Crippen LogP contribution in [-0.2, 0) is 4.74 Å². The highest BCUT2D eigenvalue weighted by Gasteiger charge is 2.46. The van der Waals surface area contributed by atoms with Gasteiger partial charge in [-0.3, -0.25) is 5.10 Å². The van der Waals surface area contributed by atoms with E-state index in [0.717, 1.165) is 60.7 Å². The molecule has 0 amide bonds. The molecule has 3 aromatic heterocycles. The molecule has 0 radical (unpaired) electrons. The molecule has 1 atom stereocenters. The molecular formula is C24H22Cl2N6O2. The molecule has 2 aliphatic rings. The van der Waals surface area contributed by atoms with Crippen LogP contribution in [0, 0.1) is 5.41 Å². The van der Waals surface area contributed by atoms with Gasteiger partial charge in [0.15, 0.2) is 5.15 Å². The fourth-order valence-corrected chi connectivity index (χ4v) is 5.44. The fraction of sp³-hybridized carbons (Fsp3) is 0.333. The van der Waals surface area contributed by atoms with Crippen molar-refractivity contribution < 1.29 is 9.47 Å². The summed E-state index contributed by atoms with van der Waals surface area (Å²) in [6.07, 6.45) is 4.06. The third-order valence-corrected chi connectivity index (χ3v) is 7.21. The average Bonchev–Trinajstić information content (AvgIpc) is 3.46. The first-order chi connectivity index (χ1) is 16.5. The monoisotopic (exact) mass is 496 g/mol. The van der Waals surface area contributed by atoms with Crippen molar-refractivity contribution in [2.45, 2.75) is 19.4 Å². The van der Waals surface area contributed by atoms with Crippen LogP contribution in [0.2, 0.25) is 10.2 Å². The molecule has 10 heteroatoms. The third-order valence-electron chi connectivity index (χ3n) is 6.63. The summed E-state index contributed by atoms with van der Waals surface area (Å²) in [5, 5.41) is 16.8. The zero-order chi connectivity index (χ0) is 23.3. The Morgan fingerprint density at radius 1 is 1.18 bits per heavy atom. The van der Waals surface area contributed by atoms with Gasteiger partial charge in [0.05, 0.1) is 28.9 Å². The lowest BCUT2D eigenvalue weighted by molar-refractivity contribution is 0.131. The van der Waals surface area contributed by atoms with Crippen LogP contribution in [0.25, 0.3) is 22.2 Å². The van der Waals surface area contributed by atoms with Gasteiger partial charge in [0, 0.05) is 42.3 Å². The van der Waals surface area contributed by atoms with Crippen LogP contribution in [0.5, 0.6) is 5.75 Å². The van der Waals surface area contributed by atoms with E-state index in [9.17, 15) is 0 Å². The number of pyridine rings is 1. The normalized spacial score (nSPS) is 17.8. The molecule has 5 heterocycles. The van der Waals surface area contributed by atoms with E-state index < -0.39 is 6.10 Å². The number of aromatic amines is 1. The SMILES string of the molecule is CC(Oc1ccc2[nH]nc(-c3ccc(N4CC5(CCOC5)C4)nc3)c2c1)c1c(Cl)cnnc1Cl. The highest BCUT2D eigenvalue weighted by molar-refractivity contribution is 6.35. The minimum atomic E-state index is -0.408. The lowest BCUT2D eigenvalue weighted by atomic mass is 9.79. The van der Waals surface area contributed by atoms with E-state index in [1.165, 1.54) is 6.20 Å². The van der Waals surface area contributed by atoms with Gasteiger partial charge in [-0.25, -0.2) is 4.98 Å². The Morgan fingerprint density at radius 2 is 2.06 bits per heavy atom. The molecule has 1 spiro atoms. The molecule has 1 unspecified atom stereocenters. The Bertz CT molecular complexity index is 1330. The Kier molecular flexibility index (Phi) is 5.32. The molecule has 2 fully saturated rings. The van der Waals surface area contributed by atoms with Crippen LogP contribution in [-0.4, -0.2) is 51.7 Å². The molecule has 2 saturated heterocycles. The minimum absolute atomic E-state index is 0.227. The number of nitrogens with one attached hydrogen (secondary N) is 1. The summed E-state index contributed by atoms with van der Waals surface area (Å²) in [5.74, 6) is 1.65. The molecule has 174 valence electrons. The van der Waals surface area contributed by atoms with Gasteiger partial charge in [0.2, 0.25) is 0 Å². The number of halogens is 2. The Labute approximate surface area is 206 Å². The van der Waals surface area contributed by atoms with Crippen LogP contribution in [0.15, 0.2) is 42.7 Å². The number of anilines is 1. The van der Waals surface area contributed by atoms with Crippen molar-refractivity contribution in [3.8, 4) is 17.0 Å². The first kappa shape index (κ1) is 21.6. The van der Waals surface area contributed by atoms with E-state index in [0.29, 0.717) is 21.8 Å². The zero-order valence-corrected chi connectivity index (χ0v) is 20.0. The molecule has 0 bridgehead atoms. The average molecular weight is 497 g/mol. The van der Waals surface area contributed by atoms with Crippen molar-refractivity contribution in [2.75, 3.05) is 31.2 Å².